The van der Waals surface area contributed by atoms with Crippen LogP contribution in [0.15, 0.2) is 0 Å². The first kappa shape index (κ1) is 8.65. The van der Waals surface area contributed by atoms with E-state index in [0.717, 1.165) is 13.1 Å². The molecule has 1 unspecified atom stereocenters. The number of imide groups is 1. The quantitative estimate of drug-likeness (QED) is 0.449. The lowest BCUT2D eigenvalue weighted by Crippen LogP contribution is -2.62. The van der Waals surface area contributed by atoms with Gasteiger partial charge in [0.25, 0.3) is 0 Å². The maximum atomic E-state index is 11.3. The van der Waals surface area contributed by atoms with Crippen LogP contribution in [0.1, 0.15) is 12.8 Å². The number of hydrogen-bond acceptors (Lipinski definition) is 4. The molecule has 0 aliphatic carbocycles. The third kappa shape index (κ3) is 1.87. The molecule has 13 heavy (non-hydrogen) atoms. The van der Waals surface area contributed by atoms with E-state index >= 15 is 0 Å². The van der Waals surface area contributed by atoms with Crippen molar-refractivity contribution in [2.75, 3.05) is 13.1 Å². The van der Waals surface area contributed by atoms with Gasteiger partial charge in [0.2, 0.25) is 11.8 Å². The van der Waals surface area contributed by atoms with E-state index in [4.69, 9.17) is 0 Å². The summed E-state index contributed by atoms with van der Waals surface area (Å²) >= 11 is 0. The Morgan fingerprint density at radius 3 is 2.62 bits per heavy atom. The predicted octanol–water partition coefficient (Wildman–Crippen LogP) is -1.65. The molecule has 0 aromatic carbocycles. The van der Waals surface area contributed by atoms with Gasteiger partial charge in [0, 0.05) is 25.6 Å². The predicted molar refractivity (Wildman–Crippen MR) is 46.0 cm³/mol. The number of nitrogens with one attached hydrogen (secondary N) is 3. The van der Waals surface area contributed by atoms with Crippen LogP contribution in [-0.4, -0.2) is 37.0 Å². The number of hydrogen-bond donors (Lipinski definition) is 3. The molecule has 0 bridgehead atoms. The van der Waals surface area contributed by atoms with Gasteiger partial charge in [0.05, 0.1) is 6.04 Å². The summed E-state index contributed by atoms with van der Waals surface area (Å²) in [5.74, 6) is -0.335. The zero-order valence-electron chi connectivity index (χ0n) is 7.30. The van der Waals surface area contributed by atoms with Crippen molar-refractivity contribution >= 4 is 11.8 Å². The SMILES string of the molecule is O=C1CCC(NC2CNC2)C(=O)N1. The molecule has 2 aliphatic heterocycles. The first-order chi connectivity index (χ1) is 6.25. The number of rotatable bonds is 2. The lowest BCUT2D eigenvalue weighted by molar-refractivity contribution is -0.134. The number of carbonyl (C=O) groups excluding carboxylic acids is 2. The summed E-state index contributed by atoms with van der Waals surface area (Å²) in [5, 5.41) is 8.63. The van der Waals surface area contributed by atoms with E-state index in [9.17, 15) is 9.59 Å². The van der Waals surface area contributed by atoms with Gasteiger partial charge in [-0.2, -0.15) is 0 Å². The minimum atomic E-state index is -0.178. The fourth-order valence-corrected chi connectivity index (χ4v) is 1.54. The summed E-state index contributed by atoms with van der Waals surface area (Å²) in [6.45, 7) is 1.83. The summed E-state index contributed by atoms with van der Waals surface area (Å²) in [4.78, 5) is 22.1. The average Bonchev–Trinajstić information content (AvgIpc) is 1.99. The van der Waals surface area contributed by atoms with Gasteiger partial charge in [-0.25, -0.2) is 0 Å². The highest BCUT2D eigenvalue weighted by molar-refractivity contribution is 6.00. The second kappa shape index (κ2) is 3.43. The van der Waals surface area contributed by atoms with Gasteiger partial charge in [-0.3, -0.25) is 14.9 Å². The molecule has 2 saturated heterocycles. The Balaban J connectivity index is 1.84. The number of amides is 2. The average molecular weight is 183 g/mol. The molecule has 0 spiro atoms. The number of carbonyl (C=O) groups is 2. The van der Waals surface area contributed by atoms with Gasteiger partial charge in [0.15, 0.2) is 0 Å². The lowest BCUT2D eigenvalue weighted by atomic mass is 10.0. The van der Waals surface area contributed by atoms with Gasteiger partial charge >= 0.3 is 0 Å². The van der Waals surface area contributed by atoms with Crippen molar-refractivity contribution in [2.45, 2.75) is 24.9 Å². The van der Waals surface area contributed by atoms with E-state index in [2.05, 4.69) is 16.0 Å². The Morgan fingerprint density at radius 1 is 1.31 bits per heavy atom. The van der Waals surface area contributed by atoms with Crippen molar-refractivity contribution in [1.29, 1.82) is 0 Å². The van der Waals surface area contributed by atoms with Crippen LogP contribution in [0, 0.1) is 0 Å². The highest BCUT2D eigenvalue weighted by Crippen LogP contribution is 2.06. The van der Waals surface area contributed by atoms with Crippen molar-refractivity contribution in [2.24, 2.45) is 0 Å². The molecule has 0 aromatic heterocycles. The second-order valence-corrected chi connectivity index (χ2v) is 3.53. The van der Waals surface area contributed by atoms with Crippen LogP contribution in [0.5, 0.6) is 0 Å². The van der Waals surface area contributed by atoms with Crippen LogP contribution in [0.4, 0.5) is 0 Å². The van der Waals surface area contributed by atoms with Gasteiger partial charge < -0.3 is 10.6 Å². The summed E-state index contributed by atoms with van der Waals surface area (Å²) in [6, 6.07) is 0.216. The Labute approximate surface area is 76.3 Å². The van der Waals surface area contributed by atoms with E-state index in [-0.39, 0.29) is 17.9 Å². The molecule has 5 heteroatoms. The van der Waals surface area contributed by atoms with Gasteiger partial charge in [-0.05, 0) is 6.42 Å². The monoisotopic (exact) mass is 183 g/mol. The van der Waals surface area contributed by atoms with Crippen molar-refractivity contribution < 1.29 is 9.59 Å². The zero-order valence-corrected chi connectivity index (χ0v) is 7.30. The third-order valence-electron chi connectivity index (χ3n) is 2.46. The zero-order chi connectivity index (χ0) is 9.26. The van der Waals surface area contributed by atoms with Crippen molar-refractivity contribution in [1.82, 2.24) is 16.0 Å². The Hall–Kier alpha value is -0.940. The molecular formula is C8H13N3O2. The fraction of sp³-hybridized carbons (Fsp3) is 0.750. The van der Waals surface area contributed by atoms with E-state index in [0.29, 0.717) is 18.9 Å². The molecule has 3 N–H and O–H groups in total. The van der Waals surface area contributed by atoms with Crippen LogP contribution < -0.4 is 16.0 Å². The van der Waals surface area contributed by atoms with Crippen molar-refractivity contribution in [3.8, 4) is 0 Å². The van der Waals surface area contributed by atoms with Crippen LogP contribution >= 0.6 is 0 Å². The fourth-order valence-electron chi connectivity index (χ4n) is 1.54. The van der Waals surface area contributed by atoms with E-state index in [1.54, 1.807) is 0 Å². The summed E-state index contributed by atoms with van der Waals surface area (Å²) in [6.07, 6.45) is 1.07. The van der Waals surface area contributed by atoms with Crippen LogP contribution in [0.2, 0.25) is 0 Å². The van der Waals surface area contributed by atoms with Crippen LogP contribution in [0.3, 0.4) is 0 Å². The second-order valence-electron chi connectivity index (χ2n) is 3.53. The smallest absolute Gasteiger partial charge is 0.243 e. The normalized spacial score (nSPS) is 29.7. The highest BCUT2D eigenvalue weighted by atomic mass is 16.2. The molecule has 2 aliphatic rings. The molecule has 0 aromatic rings. The molecule has 1 atom stereocenters. The van der Waals surface area contributed by atoms with E-state index in [1.165, 1.54) is 0 Å². The minimum absolute atomic E-state index is 0.158. The summed E-state index contributed by atoms with van der Waals surface area (Å²) in [5.41, 5.74) is 0. The molecule has 5 nitrogen and oxygen atoms in total. The largest absolute Gasteiger partial charge is 0.314 e. The topological polar surface area (TPSA) is 70.2 Å². The first-order valence-electron chi connectivity index (χ1n) is 4.56. The Bertz CT molecular complexity index is 238. The third-order valence-corrected chi connectivity index (χ3v) is 2.46. The molecule has 2 heterocycles. The molecule has 2 fully saturated rings. The van der Waals surface area contributed by atoms with Gasteiger partial charge in [-0.1, -0.05) is 0 Å². The van der Waals surface area contributed by atoms with Crippen molar-refractivity contribution in [3.63, 3.8) is 0 Å². The Kier molecular flexibility index (Phi) is 2.28. The molecule has 72 valence electrons. The molecule has 2 amide bonds. The molecular weight excluding hydrogens is 170 g/mol. The maximum Gasteiger partial charge on any atom is 0.243 e. The maximum absolute atomic E-state index is 11.3. The van der Waals surface area contributed by atoms with Gasteiger partial charge in [0.1, 0.15) is 0 Å². The van der Waals surface area contributed by atoms with Crippen LogP contribution in [0.25, 0.3) is 0 Å². The summed E-state index contributed by atoms with van der Waals surface area (Å²) in [7, 11) is 0. The lowest BCUT2D eigenvalue weighted by Gasteiger charge is -2.33. The molecule has 0 radical (unpaired) electrons. The van der Waals surface area contributed by atoms with Crippen LogP contribution in [-0.2, 0) is 9.59 Å². The first-order valence-corrected chi connectivity index (χ1v) is 4.56. The van der Waals surface area contributed by atoms with Crippen molar-refractivity contribution in [3.05, 3.63) is 0 Å². The Morgan fingerprint density at radius 2 is 2.08 bits per heavy atom. The van der Waals surface area contributed by atoms with Gasteiger partial charge in [-0.15, -0.1) is 0 Å². The minimum Gasteiger partial charge on any atom is -0.314 e. The molecule has 0 saturated carbocycles. The number of piperidine rings is 1. The standard InChI is InChI=1S/C8H13N3O2/c12-7-2-1-6(8(13)11-7)10-5-3-9-4-5/h5-6,9-10H,1-4H2,(H,11,12,13). The highest BCUT2D eigenvalue weighted by Gasteiger charge is 2.29. The summed E-state index contributed by atoms with van der Waals surface area (Å²) < 4.78 is 0. The molecule has 2 rings (SSSR count). The van der Waals surface area contributed by atoms with E-state index in [1.807, 2.05) is 0 Å². The van der Waals surface area contributed by atoms with E-state index < -0.39 is 0 Å².